The molecule has 2 saturated heterocycles. The average Bonchev–Trinajstić information content (AvgIpc) is 2.74. The minimum atomic E-state index is 0. The van der Waals surface area contributed by atoms with E-state index in [9.17, 15) is 0 Å². The largest absolute Gasteiger partial charge is 0.293 e. The maximum Gasteiger partial charge on any atom is 0.0351 e. The maximum absolute atomic E-state index is 3.51. The van der Waals surface area contributed by atoms with Gasteiger partial charge in [-0.2, -0.15) is 0 Å². The third kappa shape index (κ3) is 2.69. The van der Waals surface area contributed by atoms with Crippen LogP contribution in [0.3, 0.4) is 0 Å². The van der Waals surface area contributed by atoms with Gasteiger partial charge in [0.15, 0.2) is 0 Å². The third-order valence-electron chi connectivity index (χ3n) is 4.10. The van der Waals surface area contributed by atoms with Crippen molar-refractivity contribution in [2.45, 2.75) is 44.2 Å². The van der Waals surface area contributed by atoms with E-state index in [0.717, 1.165) is 6.04 Å². The molecule has 0 radical (unpaired) electrons. The fourth-order valence-electron chi connectivity index (χ4n) is 3.30. The van der Waals surface area contributed by atoms with Gasteiger partial charge < -0.3 is 0 Å². The Labute approximate surface area is 118 Å². The molecule has 3 heteroatoms. The summed E-state index contributed by atoms with van der Waals surface area (Å²) in [5.74, 6) is 0. The van der Waals surface area contributed by atoms with Gasteiger partial charge in [-0.05, 0) is 49.9 Å². The second-order valence-electron chi connectivity index (χ2n) is 5.03. The summed E-state index contributed by atoms with van der Waals surface area (Å²) in [5.41, 5.74) is 1.51. The van der Waals surface area contributed by atoms with Crippen molar-refractivity contribution in [3.05, 3.63) is 34.3 Å². The minimum absolute atomic E-state index is 0. The van der Waals surface area contributed by atoms with Crippen LogP contribution < -0.4 is 0 Å². The van der Waals surface area contributed by atoms with E-state index in [-0.39, 0.29) is 12.4 Å². The standard InChI is InChI=1S/C14H18BrN.ClH/c15-12-6-4-11(5-7-12)14-9-8-13-3-1-2-10-16(13)14;/h4-7,13-14H,1-3,8-10H2;1H. The molecular weight excluding hydrogens is 298 g/mol. The number of fused-ring (bicyclic) bond motifs is 1. The van der Waals surface area contributed by atoms with E-state index in [1.165, 1.54) is 48.7 Å². The van der Waals surface area contributed by atoms with Crippen molar-refractivity contribution in [2.75, 3.05) is 6.54 Å². The molecule has 2 fully saturated rings. The van der Waals surface area contributed by atoms with Crippen molar-refractivity contribution < 1.29 is 0 Å². The summed E-state index contributed by atoms with van der Waals surface area (Å²) in [6.45, 7) is 1.31. The number of piperidine rings is 1. The molecule has 1 aromatic carbocycles. The van der Waals surface area contributed by atoms with Crippen LogP contribution in [0.4, 0.5) is 0 Å². The summed E-state index contributed by atoms with van der Waals surface area (Å²) in [6, 6.07) is 10.5. The zero-order valence-electron chi connectivity index (χ0n) is 9.94. The second-order valence-corrected chi connectivity index (χ2v) is 5.95. The first-order valence-electron chi connectivity index (χ1n) is 6.36. The summed E-state index contributed by atoms with van der Waals surface area (Å²) in [4.78, 5) is 2.74. The Hall–Kier alpha value is -0.0500. The van der Waals surface area contributed by atoms with Crippen LogP contribution in [0.2, 0.25) is 0 Å². The third-order valence-corrected chi connectivity index (χ3v) is 4.63. The van der Waals surface area contributed by atoms with Crippen LogP contribution in [0.15, 0.2) is 28.7 Å². The van der Waals surface area contributed by atoms with Crippen molar-refractivity contribution >= 4 is 28.3 Å². The predicted octanol–water partition coefficient (Wildman–Crippen LogP) is 4.56. The lowest BCUT2D eigenvalue weighted by atomic mass is 10.0. The van der Waals surface area contributed by atoms with E-state index in [2.05, 4.69) is 45.1 Å². The first-order valence-corrected chi connectivity index (χ1v) is 7.15. The molecule has 2 unspecified atom stereocenters. The van der Waals surface area contributed by atoms with E-state index >= 15 is 0 Å². The van der Waals surface area contributed by atoms with Gasteiger partial charge >= 0.3 is 0 Å². The van der Waals surface area contributed by atoms with Crippen LogP contribution in [0.5, 0.6) is 0 Å². The monoisotopic (exact) mass is 315 g/mol. The lowest BCUT2D eigenvalue weighted by Gasteiger charge is -2.34. The fraction of sp³-hybridized carbons (Fsp3) is 0.571. The van der Waals surface area contributed by atoms with E-state index < -0.39 is 0 Å². The van der Waals surface area contributed by atoms with Crippen LogP contribution in [0.25, 0.3) is 0 Å². The van der Waals surface area contributed by atoms with Gasteiger partial charge in [0, 0.05) is 16.6 Å². The number of hydrogen-bond donors (Lipinski definition) is 0. The Kier molecular flexibility index (Phi) is 4.51. The molecule has 1 nitrogen and oxygen atoms in total. The van der Waals surface area contributed by atoms with Crippen molar-refractivity contribution in [2.24, 2.45) is 0 Å². The number of hydrogen-bond acceptors (Lipinski definition) is 1. The number of benzene rings is 1. The normalized spacial score (nSPS) is 28.5. The molecule has 0 aromatic heterocycles. The average molecular weight is 317 g/mol. The van der Waals surface area contributed by atoms with Gasteiger partial charge in [0.05, 0.1) is 0 Å². The van der Waals surface area contributed by atoms with Gasteiger partial charge in [0.25, 0.3) is 0 Å². The summed E-state index contributed by atoms with van der Waals surface area (Å²) in [6.07, 6.45) is 7.01. The molecule has 2 aliphatic heterocycles. The van der Waals surface area contributed by atoms with Gasteiger partial charge in [0.2, 0.25) is 0 Å². The van der Waals surface area contributed by atoms with Gasteiger partial charge in [-0.15, -0.1) is 12.4 Å². The van der Waals surface area contributed by atoms with Crippen molar-refractivity contribution in [1.29, 1.82) is 0 Å². The highest BCUT2D eigenvalue weighted by Crippen LogP contribution is 2.40. The van der Waals surface area contributed by atoms with Crippen LogP contribution in [-0.2, 0) is 0 Å². The van der Waals surface area contributed by atoms with Crippen LogP contribution in [-0.4, -0.2) is 17.5 Å². The molecule has 0 bridgehead atoms. The van der Waals surface area contributed by atoms with Gasteiger partial charge in [0.1, 0.15) is 0 Å². The lowest BCUT2D eigenvalue weighted by molar-refractivity contribution is 0.150. The zero-order chi connectivity index (χ0) is 11.0. The Balaban J connectivity index is 0.00000108. The van der Waals surface area contributed by atoms with Crippen LogP contribution >= 0.6 is 28.3 Å². The molecule has 2 aliphatic rings. The summed E-state index contributed by atoms with van der Waals surface area (Å²) in [5, 5.41) is 0. The topological polar surface area (TPSA) is 3.24 Å². The van der Waals surface area contributed by atoms with E-state index in [0.29, 0.717) is 6.04 Å². The smallest absolute Gasteiger partial charge is 0.0351 e. The molecule has 0 spiro atoms. The predicted molar refractivity (Wildman–Crippen MR) is 77.7 cm³/mol. The maximum atomic E-state index is 3.51. The van der Waals surface area contributed by atoms with Gasteiger partial charge in [-0.25, -0.2) is 0 Å². The molecule has 0 amide bonds. The Bertz CT molecular complexity index is 365. The molecule has 17 heavy (non-hydrogen) atoms. The first-order chi connectivity index (χ1) is 7.84. The minimum Gasteiger partial charge on any atom is -0.293 e. The van der Waals surface area contributed by atoms with Gasteiger partial charge in [-0.3, -0.25) is 4.90 Å². The molecule has 1 aromatic rings. The molecule has 2 atom stereocenters. The lowest BCUT2D eigenvalue weighted by Crippen LogP contribution is -2.35. The summed E-state index contributed by atoms with van der Waals surface area (Å²) < 4.78 is 1.18. The number of rotatable bonds is 1. The number of halogens is 2. The Morgan fingerprint density at radius 2 is 1.76 bits per heavy atom. The SMILES string of the molecule is Brc1ccc(C2CCC3CCCCN32)cc1.Cl. The second kappa shape index (κ2) is 5.73. The summed E-state index contributed by atoms with van der Waals surface area (Å²) >= 11 is 3.51. The summed E-state index contributed by atoms with van der Waals surface area (Å²) in [7, 11) is 0. The van der Waals surface area contributed by atoms with E-state index in [1.807, 2.05) is 0 Å². The first kappa shape index (κ1) is 13.4. The zero-order valence-corrected chi connectivity index (χ0v) is 12.3. The number of nitrogens with zero attached hydrogens (tertiary/aromatic N) is 1. The van der Waals surface area contributed by atoms with Crippen molar-refractivity contribution in [3.63, 3.8) is 0 Å². The molecular formula is C14H19BrClN. The molecule has 2 heterocycles. The molecule has 0 aliphatic carbocycles. The van der Waals surface area contributed by atoms with Crippen LogP contribution in [0, 0.1) is 0 Å². The highest BCUT2D eigenvalue weighted by molar-refractivity contribution is 9.10. The fourth-order valence-corrected chi connectivity index (χ4v) is 3.57. The van der Waals surface area contributed by atoms with Crippen LogP contribution in [0.1, 0.15) is 43.7 Å². The Morgan fingerprint density at radius 1 is 1.00 bits per heavy atom. The molecule has 3 rings (SSSR count). The van der Waals surface area contributed by atoms with E-state index in [4.69, 9.17) is 0 Å². The highest BCUT2D eigenvalue weighted by Gasteiger charge is 2.35. The van der Waals surface area contributed by atoms with E-state index in [1.54, 1.807) is 0 Å². The van der Waals surface area contributed by atoms with Gasteiger partial charge in [-0.1, -0.05) is 34.5 Å². The molecule has 0 N–H and O–H groups in total. The molecule has 0 saturated carbocycles. The van der Waals surface area contributed by atoms with Crippen molar-refractivity contribution in [1.82, 2.24) is 4.90 Å². The highest BCUT2D eigenvalue weighted by atomic mass is 79.9. The molecule has 94 valence electrons. The van der Waals surface area contributed by atoms with Crippen molar-refractivity contribution in [3.8, 4) is 0 Å². The quantitative estimate of drug-likeness (QED) is 0.734. The Morgan fingerprint density at radius 3 is 2.53 bits per heavy atom.